The van der Waals surface area contributed by atoms with E-state index in [2.05, 4.69) is 15.3 Å². The Morgan fingerprint density at radius 1 is 1.15 bits per heavy atom. The summed E-state index contributed by atoms with van der Waals surface area (Å²) in [6.45, 7) is 0. The van der Waals surface area contributed by atoms with Crippen molar-refractivity contribution >= 4 is 29.0 Å². The van der Waals surface area contributed by atoms with Gasteiger partial charge >= 0.3 is 0 Å². The molecule has 1 unspecified atom stereocenters. The second-order valence-electron chi connectivity index (χ2n) is 6.49. The van der Waals surface area contributed by atoms with E-state index >= 15 is 0 Å². The van der Waals surface area contributed by atoms with Crippen LogP contribution in [0.1, 0.15) is 34.0 Å². The van der Waals surface area contributed by atoms with Gasteiger partial charge in [-0.05, 0) is 54.3 Å². The molecule has 1 atom stereocenters. The number of aromatic nitrogens is 2. The van der Waals surface area contributed by atoms with Crippen LogP contribution in [0.2, 0.25) is 5.02 Å². The average Bonchev–Trinajstić information content (AvgIpc) is 2.68. The van der Waals surface area contributed by atoms with Crippen LogP contribution in [0.15, 0.2) is 54.7 Å². The van der Waals surface area contributed by atoms with E-state index in [0.717, 1.165) is 22.7 Å². The van der Waals surface area contributed by atoms with Crippen LogP contribution in [-0.4, -0.2) is 22.9 Å². The van der Waals surface area contributed by atoms with E-state index in [4.69, 9.17) is 16.3 Å². The molecule has 0 fully saturated rings. The third-order valence-electron chi connectivity index (χ3n) is 4.71. The molecule has 6 heteroatoms. The summed E-state index contributed by atoms with van der Waals surface area (Å²) in [5, 5.41) is 3.85. The minimum absolute atomic E-state index is 0.0669. The van der Waals surface area contributed by atoms with Gasteiger partial charge < -0.3 is 10.1 Å². The molecule has 1 heterocycles. The monoisotopic (exact) mass is 379 g/mol. The van der Waals surface area contributed by atoms with Crippen LogP contribution in [0.5, 0.6) is 5.75 Å². The lowest BCUT2D eigenvalue weighted by atomic mass is 9.82. The van der Waals surface area contributed by atoms with Crippen LogP contribution in [0.25, 0.3) is 0 Å². The number of rotatable bonds is 4. The number of nitrogens with one attached hydrogen (secondary N) is 1. The van der Waals surface area contributed by atoms with Crippen LogP contribution in [-0.2, 0) is 6.42 Å². The quantitative estimate of drug-likeness (QED) is 0.705. The number of fused-ring (bicyclic) bond motifs is 1. The van der Waals surface area contributed by atoms with Crippen molar-refractivity contribution in [3.05, 3.63) is 76.6 Å². The van der Waals surface area contributed by atoms with Crippen molar-refractivity contribution in [1.82, 2.24) is 9.97 Å². The first-order valence-electron chi connectivity index (χ1n) is 8.68. The average molecular weight is 380 g/mol. The Kier molecular flexibility index (Phi) is 4.77. The Labute approximate surface area is 162 Å². The number of Topliss-reactive ketones (excluding diaryl/α,β-unsaturated/α-hetero) is 1. The van der Waals surface area contributed by atoms with Crippen LogP contribution in [0.4, 0.5) is 11.6 Å². The molecule has 5 nitrogen and oxygen atoms in total. The Balaban J connectivity index is 1.58. The molecule has 1 aromatic heterocycles. The van der Waals surface area contributed by atoms with Gasteiger partial charge in [-0.1, -0.05) is 23.7 Å². The third kappa shape index (κ3) is 3.78. The number of halogens is 1. The molecule has 1 N–H and O–H groups in total. The molecule has 0 saturated heterocycles. The van der Waals surface area contributed by atoms with E-state index in [0.29, 0.717) is 29.4 Å². The summed E-state index contributed by atoms with van der Waals surface area (Å²) in [4.78, 5) is 21.4. The summed E-state index contributed by atoms with van der Waals surface area (Å²) in [7, 11) is 1.63. The molecule has 0 aliphatic heterocycles. The van der Waals surface area contributed by atoms with Gasteiger partial charge in [-0.3, -0.25) is 4.79 Å². The molecule has 1 aliphatic rings. The van der Waals surface area contributed by atoms with Gasteiger partial charge in [0.2, 0.25) is 5.95 Å². The first-order valence-corrected chi connectivity index (χ1v) is 9.06. The molecule has 1 aliphatic carbocycles. The van der Waals surface area contributed by atoms with E-state index in [1.807, 2.05) is 48.5 Å². The SMILES string of the molecule is COc1ccc(Nc2ncc3c(n2)CC(c2cccc(Cl)c2)CC3=O)cc1. The molecule has 136 valence electrons. The molecule has 27 heavy (non-hydrogen) atoms. The fourth-order valence-electron chi connectivity index (χ4n) is 3.30. The summed E-state index contributed by atoms with van der Waals surface area (Å²) in [5.41, 5.74) is 3.28. The predicted molar refractivity (Wildman–Crippen MR) is 105 cm³/mol. The fraction of sp³-hybridized carbons (Fsp3) is 0.190. The van der Waals surface area contributed by atoms with Crippen LogP contribution in [0, 0.1) is 0 Å². The number of carbonyl (C=O) groups is 1. The number of hydrogen-bond acceptors (Lipinski definition) is 5. The highest BCUT2D eigenvalue weighted by Crippen LogP contribution is 2.33. The summed E-state index contributed by atoms with van der Waals surface area (Å²) >= 11 is 6.11. The first-order chi connectivity index (χ1) is 13.1. The highest BCUT2D eigenvalue weighted by molar-refractivity contribution is 6.30. The van der Waals surface area contributed by atoms with Crippen LogP contribution in [0.3, 0.4) is 0 Å². The van der Waals surface area contributed by atoms with Crippen molar-refractivity contribution in [2.75, 3.05) is 12.4 Å². The van der Waals surface area contributed by atoms with E-state index in [1.54, 1.807) is 13.3 Å². The molecule has 3 aromatic rings. The zero-order valence-electron chi connectivity index (χ0n) is 14.8. The molecule has 0 amide bonds. The molecular formula is C21H18ClN3O2. The second kappa shape index (κ2) is 7.37. The van der Waals surface area contributed by atoms with Crippen molar-refractivity contribution in [2.45, 2.75) is 18.8 Å². The lowest BCUT2D eigenvalue weighted by molar-refractivity contribution is 0.0962. The maximum absolute atomic E-state index is 12.5. The van der Waals surface area contributed by atoms with Crippen LogP contribution < -0.4 is 10.1 Å². The van der Waals surface area contributed by atoms with Gasteiger partial charge in [0.15, 0.2) is 5.78 Å². The summed E-state index contributed by atoms with van der Waals surface area (Å²) in [6, 6.07) is 15.2. The number of benzene rings is 2. The molecule has 2 aromatic carbocycles. The lowest BCUT2D eigenvalue weighted by Crippen LogP contribution is -2.21. The maximum atomic E-state index is 12.5. The van der Waals surface area contributed by atoms with Gasteiger partial charge in [-0.25, -0.2) is 9.97 Å². The van der Waals surface area contributed by atoms with Crippen LogP contribution >= 0.6 is 11.6 Å². The predicted octanol–water partition coefficient (Wildman–Crippen LogP) is 4.79. The lowest BCUT2D eigenvalue weighted by Gasteiger charge is -2.23. The Bertz CT molecular complexity index is 989. The summed E-state index contributed by atoms with van der Waals surface area (Å²) in [6.07, 6.45) is 2.74. The summed E-state index contributed by atoms with van der Waals surface area (Å²) in [5.74, 6) is 1.39. The molecule has 0 bridgehead atoms. The smallest absolute Gasteiger partial charge is 0.227 e. The molecule has 0 saturated carbocycles. The largest absolute Gasteiger partial charge is 0.497 e. The zero-order chi connectivity index (χ0) is 18.8. The van der Waals surface area contributed by atoms with Crippen molar-refractivity contribution in [3.63, 3.8) is 0 Å². The zero-order valence-corrected chi connectivity index (χ0v) is 15.5. The Hall–Kier alpha value is -2.92. The fourth-order valence-corrected chi connectivity index (χ4v) is 3.50. The van der Waals surface area contributed by atoms with Gasteiger partial charge in [0.1, 0.15) is 5.75 Å². The minimum Gasteiger partial charge on any atom is -0.497 e. The number of anilines is 2. The van der Waals surface area contributed by atoms with Gasteiger partial charge in [0.25, 0.3) is 0 Å². The topological polar surface area (TPSA) is 64.1 Å². The number of ether oxygens (including phenoxy) is 1. The highest BCUT2D eigenvalue weighted by Gasteiger charge is 2.28. The number of methoxy groups -OCH3 is 1. The summed E-state index contributed by atoms with van der Waals surface area (Å²) < 4.78 is 5.16. The van der Waals surface area contributed by atoms with Gasteiger partial charge in [0, 0.05) is 23.3 Å². The van der Waals surface area contributed by atoms with E-state index in [9.17, 15) is 4.79 Å². The Morgan fingerprint density at radius 3 is 2.70 bits per heavy atom. The minimum atomic E-state index is 0.0669. The number of carbonyl (C=O) groups excluding carboxylic acids is 1. The van der Waals surface area contributed by atoms with Crippen molar-refractivity contribution in [1.29, 1.82) is 0 Å². The third-order valence-corrected chi connectivity index (χ3v) is 4.94. The van der Waals surface area contributed by atoms with Crippen molar-refractivity contribution in [2.24, 2.45) is 0 Å². The normalized spacial score (nSPS) is 15.9. The first kappa shape index (κ1) is 17.5. The maximum Gasteiger partial charge on any atom is 0.227 e. The number of ketones is 1. The van der Waals surface area contributed by atoms with Gasteiger partial charge in [-0.15, -0.1) is 0 Å². The van der Waals surface area contributed by atoms with Gasteiger partial charge in [-0.2, -0.15) is 0 Å². The van der Waals surface area contributed by atoms with E-state index in [-0.39, 0.29) is 11.7 Å². The van der Waals surface area contributed by atoms with Crippen molar-refractivity contribution < 1.29 is 9.53 Å². The van der Waals surface area contributed by atoms with Gasteiger partial charge in [0.05, 0.1) is 18.4 Å². The standard InChI is InChI=1S/C21H18ClN3O2/c1-27-17-7-5-16(6-8-17)24-21-23-12-18-19(25-21)10-14(11-20(18)26)13-3-2-4-15(22)9-13/h2-9,12,14H,10-11H2,1H3,(H,23,24,25). The second-order valence-corrected chi connectivity index (χ2v) is 6.93. The molecular weight excluding hydrogens is 362 g/mol. The van der Waals surface area contributed by atoms with E-state index < -0.39 is 0 Å². The highest BCUT2D eigenvalue weighted by atomic mass is 35.5. The molecule has 0 radical (unpaired) electrons. The Morgan fingerprint density at radius 2 is 1.96 bits per heavy atom. The number of nitrogens with zero attached hydrogens (tertiary/aromatic N) is 2. The van der Waals surface area contributed by atoms with Crippen molar-refractivity contribution in [3.8, 4) is 5.75 Å². The number of hydrogen-bond donors (Lipinski definition) is 1. The van der Waals surface area contributed by atoms with E-state index in [1.165, 1.54) is 0 Å². The molecule has 0 spiro atoms. The molecule has 4 rings (SSSR count).